The Morgan fingerprint density at radius 1 is 1.25 bits per heavy atom. The van der Waals surface area contributed by atoms with Crippen LogP contribution >= 0.6 is 11.8 Å². The summed E-state index contributed by atoms with van der Waals surface area (Å²) in [7, 11) is 0. The SMILES string of the molecule is Cc1ccc(C)c(OCc2nnc(SCc3cc(=O)[nH]cn3)o2)c1. The molecular formula is C16H16N4O3S. The highest BCUT2D eigenvalue weighted by molar-refractivity contribution is 7.98. The van der Waals surface area contributed by atoms with Crippen LogP contribution in [0.15, 0.2) is 45.0 Å². The van der Waals surface area contributed by atoms with E-state index < -0.39 is 0 Å². The molecule has 0 aliphatic heterocycles. The van der Waals surface area contributed by atoms with Crippen LogP contribution in [0.3, 0.4) is 0 Å². The molecule has 24 heavy (non-hydrogen) atoms. The predicted octanol–water partition coefficient (Wildman–Crippen LogP) is 2.64. The fourth-order valence-corrected chi connectivity index (χ4v) is 2.66. The van der Waals surface area contributed by atoms with Crippen LogP contribution in [0.4, 0.5) is 0 Å². The van der Waals surface area contributed by atoms with Crippen LogP contribution in [0.5, 0.6) is 5.75 Å². The molecule has 0 bridgehead atoms. The molecule has 0 atom stereocenters. The molecule has 1 N–H and O–H groups in total. The number of nitrogens with zero attached hydrogens (tertiary/aromatic N) is 3. The van der Waals surface area contributed by atoms with Gasteiger partial charge in [-0.2, -0.15) is 0 Å². The highest BCUT2D eigenvalue weighted by atomic mass is 32.2. The van der Waals surface area contributed by atoms with E-state index in [-0.39, 0.29) is 12.2 Å². The number of benzene rings is 1. The van der Waals surface area contributed by atoms with E-state index in [1.54, 1.807) is 0 Å². The molecule has 0 fully saturated rings. The Balaban J connectivity index is 1.57. The molecule has 2 aromatic heterocycles. The fraction of sp³-hybridized carbons (Fsp3) is 0.250. The highest BCUT2D eigenvalue weighted by Gasteiger charge is 2.09. The van der Waals surface area contributed by atoms with Gasteiger partial charge in [0.25, 0.3) is 16.7 Å². The number of hydrogen-bond acceptors (Lipinski definition) is 7. The summed E-state index contributed by atoms with van der Waals surface area (Å²) in [6.07, 6.45) is 1.37. The van der Waals surface area contributed by atoms with Gasteiger partial charge in [-0.05, 0) is 31.0 Å². The zero-order chi connectivity index (χ0) is 16.9. The summed E-state index contributed by atoms with van der Waals surface area (Å²) in [6.45, 7) is 4.20. The van der Waals surface area contributed by atoms with Crippen molar-refractivity contribution in [3.05, 3.63) is 63.7 Å². The molecule has 2 heterocycles. The maximum absolute atomic E-state index is 11.2. The maximum Gasteiger partial charge on any atom is 0.277 e. The summed E-state index contributed by atoms with van der Waals surface area (Å²) >= 11 is 1.32. The van der Waals surface area contributed by atoms with Gasteiger partial charge in [0, 0.05) is 11.8 Å². The third-order valence-corrected chi connectivity index (χ3v) is 4.07. The number of nitrogens with one attached hydrogen (secondary N) is 1. The number of H-pyrrole nitrogens is 1. The first kappa shape index (κ1) is 16.3. The monoisotopic (exact) mass is 344 g/mol. The molecule has 0 unspecified atom stereocenters. The number of rotatable bonds is 6. The average molecular weight is 344 g/mol. The van der Waals surface area contributed by atoms with Crippen LogP contribution < -0.4 is 10.3 Å². The lowest BCUT2D eigenvalue weighted by atomic mass is 10.1. The first-order valence-corrected chi connectivity index (χ1v) is 8.27. The van der Waals surface area contributed by atoms with Gasteiger partial charge in [0.05, 0.1) is 12.0 Å². The molecular weight excluding hydrogens is 328 g/mol. The molecule has 0 aliphatic carbocycles. The molecule has 1 aromatic carbocycles. The molecule has 0 radical (unpaired) electrons. The van der Waals surface area contributed by atoms with Gasteiger partial charge >= 0.3 is 0 Å². The summed E-state index contributed by atoms with van der Waals surface area (Å²) in [4.78, 5) is 17.7. The second-order valence-corrected chi connectivity index (χ2v) is 6.14. The average Bonchev–Trinajstić information content (AvgIpc) is 3.02. The summed E-state index contributed by atoms with van der Waals surface area (Å²) in [5.74, 6) is 1.68. The normalized spacial score (nSPS) is 10.8. The summed E-state index contributed by atoms with van der Waals surface area (Å²) in [5, 5.41) is 8.33. The standard InChI is InChI=1S/C16H16N4O3S/c1-10-3-4-11(2)13(5-10)22-7-15-19-20-16(23-15)24-8-12-6-14(21)18-9-17-12/h3-6,9H,7-8H2,1-2H3,(H,17,18,21). The van der Waals surface area contributed by atoms with Crippen molar-refractivity contribution in [2.75, 3.05) is 0 Å². The minimum absolute atomic E-state index is 0.186. The van der Waals surface area contributed by atoms with Gasteiger partial charge in [0.15, 0.2) is 6.61 Å². The quantitative estimate of drug-likeness (QED) is 0.687. The Morgan fingerprint density at radius 3 is 2.96 bits per heavy atom. The first-order valence-electron chi connectivity index (χ1n) is 7.29. The van der Waals surface area contributed by atoms with Crippen molar-refractivity contribution in [1.29, 1.82) is 0 Å². The Bertz CT molecular complexity index is 891. The van der Waals surface area contributed by atoms with Crippen molar-refractivity contribution in [2.24, 2.45) is 0 Å². The molecule has 0 aliphatic rings. The lowest BCUT2D eigenvalue weighted by Gasteiger charge is -2.07. The molecule has 0 spiro atoms. The van der Waals surface area contributed by atoms with Gasteiger partial charge in [0.1, 0.15) is 5.75 Å². The van der Waals surface area contributed by atoms with Crippen LogP contribution in [0, 0.1) is 13.8 Å². The highest BCUT2D eigenvalue weighted by Crippen LogP contribution is 2.22. The van der Waals surface area contributed by atoms with E-state index >= 15 is 0 Å². The Kier molecular flexibility index (Phi) is 4.95. The van der Waals surface area contributed by atoms with Crippen molar-refractivity contribution in [1.82, 2.24) is 20.2 Å². The Hall–Kier alpha value is -2.61. The predicted molar refractivity (Wildman–Crippen MR) is 89.0 cm³/mol. The molecule has 0 saturated heterocycles. The minimum Gasteiger partial charge on any atom is -0.484 e. The van der Waals surface area contributed by atoms with Crippen molar-refractivity contribution in [2.45, 2.75) is 31.4 Å². The van der Waals surface area contributed by atoms with Crippen LogP contribution in [-0.2, 0) is 12.4 Å². The molecule has 0 saturated carbocycles. The minimum atomic E-state index is -0.186. The van der Waals surface area contributed by atoms with Crippen LogP contribution in [-0.4, -0.2) is 20.2 Å². The summed E-state index contributed by atoms with van der Waals surface area (Å²) < 4.78 is 11.3. The summed E-state index contributed by atoms with van der Waals surface area (Å²) in [5.41, 5.74) is 2.64. The van der Waals surface area contributed by atoms with E-state index in [1.807, 2.05) is 32.0 Å². The zero-order valence-electron chi connectivity index (χ0n) is 13.3. The number of aromatic nitrogens is 4. The lowest BCUT2D eigenvalue weighted by molar-refractivity contribution is 0.250. The molecule has 3 rings (SSSR count). The third kappa shape index (κ3) is 4.23. The van der Waals surface area contributed by atoms with Crippen LogP contribution in [0.2, 0.25) is 0 Å². The van der Waals surface area contributed by atoms with E-state index in [2.05, 4.69) is 20.2 Å². The fourth-order valence-electron chi connectivity index (χ4n) is 1.98. The van der Waals surface area contributed by atoms with E-state index in [0.29, 0.717) is 22.6 Å². The van der Waals surface area contributed by atoms with Crippen molar-refractivity contribution in [3.8, 4) is 5.75 Å². The van der Waals surface area contributed by atoms with Gasteiger partial charge in [-0.15, -0.1) is 10.2 Å². The molecule has 124 valence electrons. The number of aryl methyl sites for hydroxylation is 2. The van der Waals surface area contributed by atoms with Crippen molar-refractivity contribution >= 4 is 11.8 Å². The molecule has 7 nitrogen and oxygen atoms in total. The molecule has 8 heteroatoms. The van der Waals surface area contributed by atoms with Gasteiger partial charge in [0.2, 0.25) is 0 Å². The first-order chi connectivity index (χ1) is 11.6. The third-order valence-electron chi connectivity index (χ3n) is 3.22. The van der Waals surface area contributed by atoms with Crippen LogP contribution in [0.25, 0.3) is 0 Å². The topological polar surface area (TPSA) is 93.9 Å². The van der Waals surface area contributed by atoms with Gasteiger partial charge < -0.3 is 14.1 Å². The Labute approximate surface area is 142 Å². The second kappa shape index (κ2) is 7.31. The van der Waals surface area contributed by atoms with Gasteiger partial charge in [-0.3, -0.25) is 4.79 Å². The number of hydrogen-bond donors (Lipinski definition) is 1. The Morgan fingerprint density at radius 2 is 2.12 bits per heavy atom. The van der Waals surface area contributed by atoms with E-state index in [0.717, 1.165) is 16.9 Å². The van der Waals surface area contributed by atoms with Crippen LogP contribution in [0.1, 0.15) is 22.7 Å². The van der Waals surface area contributed by atoms with E-state index in [1.165, 1.54) is 24.2 Å². The number of aromatic amines is 1. The number of thioether (sulfide) groups is 1. The van der Waals surface area contributed by atoms with Crippen molar-refractivity contribution in [3.63, 3.8) is 0 Å². The van der Waals surface area contributed by atoms with Gasteiger partial charge in [-0.1, -0.05) is 23.9 Å². The summed E-state index contributed by atoms with van der Waals surface area (Å²) in [6, 6.07) is 7.45. The smallest absolute Gasteiger partial charge is 0.277 e. The molecule has 0 amide bonds. The largest absolute Gasteiger partial charge is 0.484 e. The van der Waals surface area contributed by atoms with E-state index in [4.69, 9.17) is 9.15 Å². The molecule has 3 aromatic rings. The second-order valence-electron chi connectivity index (χ2n) is 5.21. The van der Waals surface area contributed by atoms with E-state index in [9.17, 15) is 4.79 Å². The maximum atomic E-state index is 11.2. The van der Waals surface area contributed by atoms with Crippen molar-refractivity contribution < 1.29 is 9.15 Å². The van der Waals surface area contributed by atoms with Gasteiger partial charge in [-0.25, -0.2) is 4.98 Å². The zero-order valence-corrected chi connectivity index (χ0v) is 14.1. The number of ether oxygens (including phenoxy) is 1. The lowest BCUT2D eigenvalue weighted by Crippen LogP contribution is -2.05.